The SMILES string of the molecule is FC(F)(F)c1ccnc(NCCc2c[nH]c3ccccc23)n1. The van der Waals surface area contributed by atoms with Crippen molar-refractivity contribution in [1.82, 2.24) is 15.0 Å². The lowest BCUT2D eigenvalue weighted by molar-refractivity contribution is -0.141. The van der Waals surface area contributed by atoms with Crippen LogP contribution in [-0.2, 0) is 12.6 Å². The number of aromatic nitrogens is 3. The summed E-state index contributed by atoms with van der Waals surface area (Å²) in [6.07, 6.45) is -0.803. The third kappa shape index (κ3) is 3.03. The third-order valence-electron chi connectivity index (χ3n) is 3.30. The number of fused-ring (bicyclic) bond motifs is 1. The maximum Gasteiger partial charge on any atom is 0.433 e. The molecule has 0 fully saturated rings. The number of rotatable bonds is 4. The Morgan fingerprint density at radius 3 is 2.77 bits per heavy atom. The van der Waals surface area contributed by atoms with Crippen LogP contribution in [0.1, 0.15) is 11.3 Å². The first kappa shape index (κ1) is 14.4. The minimum Gasteiger partial charge on any atom is -0.361 e. The van der Waals surface area contributed by atoms with E-state index >= 15 is 0 Å². The number of H-pyrrole nitrogens is 1. The Morgan fingerprint density at radius 1 is 1.14 bits per heavy atom. The van der Waals surface area contributed by atoms with Crippen molar-refractivity contribution in [3.63, 3.8) is 0 Å². The van der Waals surface area contributed by atoms with Crippen molar-refractivity contribution in [3.05, 3.63) is 54.0 Å². The molecular weight excluding hydrogens is 293 g/mol. The molecule has 22 heavy (non-hydrogen) atoms. The van der Waals surface area contributed by atoms with Gasteiger partial charge in [-0.05, 0) is 24.1 Å². The highest BCUT2D eigenvalue weighted by molar-refractivity contribution is 5.83. The molecule has 7 heteroatoms. The molecule has 0 saturated carbocycles. The van der Waals surface area contributed by atoms with Crippen LogP contribution in [0.3, 0.4) is 0 Å². The summed E-state index contributed by atoms with van der Waals surface area (Å²) in [6.45, 7) is 0.448. The number of nitrogens with zero attached hydrogens (tertiary/aromatic N) is 2. The van der Waals surface area contributed by atoms with Crippen LogP contribution < -0.4 is 5.32 Å². The highest BCUT2D eigenvalue weighted by Crippen LogP contribution is 2.27. The zero-order chi connectivity index (χ0) is 15.6. The first-order valence-electron chi connectivity index (χ1n) is 6.73. The second kappa shape index (κ2) is 5.67. The number of halogens is 3. The molecule has 2 heterocycles. The summed E-state index contributed by atoms with van der Waals surface area (Å²) in [4.78, 5) is 10.4. The van der Waals surface area contributed by atoms with Crippen LogP contribution >= 0.6 is 0 Å². The van der Waals surface area contributed by atoms with Crippen molar-refractivity contribution >= 4 is 16.9 Å². The summed E-state index contributed by atoms with van der Waals surface area (Å²) in [5, 5.41) is 3.93. The molecule has 0 unspecified atom stereocenters. The maximum atomic E-state index is 12.6. The summed E-state index contributed by atoms with van der Waals surface area (Å²) in [5.74, 6) is -0.0188. The molecule has 0 saturated heterocycles. The van der Waals surface area contributed by atoms with E-state index in [4.69, 9.17) is 0 Å². The van der Waals surface area contributed by atoms with Crippen LogP contribution in [0.2, 0.25) is 0 Å². The molecule has 0 amide bonds. The van der Waals surface area contributed by atoms with Gasteiger partial charge in [0.25, 0.3) is 0 Å². The molecule has 0 aliphatic carbocycles. The van der Waals surface area contributed by atoms with Crippen molar-refractivity contribution < 1.29 is 13.2 Å². The molecule has 3 rings (SSSR count). The van der Waals surface area contributed by atoms with Crippen molar-refractivity contribution in [2.24, 2.45) is 0 Å². The molecule has 2 N–H and O–H groups in total. The van der Waals surface area contributed by atoms with E-state index in [0.29, 0.717) is 13.0 Å². The third-order valence-corrected chi connectivity index (χ3v) is 3.30. The fraction of sp³-hybridized carbons (Fsp3) is 0.200. The highest BCUT2D eigenvalue weighted by atomic mass is 19.4. The smallest absolute Gasteiger partial charge is 0.361 e. The predicted molar refractivity (Wildman–Crippen MR) is 77.5 cm³/mol. The average molecular weight is 306 g/mol. The lowest BCUT2D eigenvalue weighted by atomic mass is 10.1. The summed E-state index contributed by atoms with van der Waals surface area (Å²) >= 11 is 0. The number of para-hydroxylation sites is 1. The molecule has 2 aromatic heterocycles. The van der Waals surface area contributed by atoms with E-state index in [-0.39, 0.29) is 5.95 Å². The summed E-state index contributed by atoms with van der Waals surface area (Å²) in [7, 11) is 0. The van der Waals surface area contributed by atoms with Gasteiger partial charge in [0, 0.05) is 29.8 Å². The molecule has 0 atom stereocenters. The summed E-state index contributed by atoms with van der Waals surface area (Å²) in [5.41, 5.74) is 1.18. The van der Waals surface area contributed by atoms with Crippen molar-refractivity contribution in [2.45, 2.75) is 12.6 Å². The van der Waals surface area contributed by atoms with E-state index in [2.05, 4.69) is 20.3 Å². The summed E-state index contributed by atoms with van der Waals surface area (Å²) in [6, 6.07) is 8.72. The average Bonchev–Trinajstić information content (AvgIpc) is 2.90. The predicted octanol–water partition coefficient (Wildman–Crippen LogP) is 3.63. The van der Waals surface area contributed by atoms with Gasteiger partial charge in [0.1, 0.15) is 5.69 Å². The Kier molecular flexibility index (Phi) is 3.70. The molecule has 0 aliphatic rings. The van der Waals surface area contributed by atoms with Gasteiger partial charge < -0.3 is 10.3 Å². The van der Waals surface area contributed by atoms with E-state index in [1.54, 1.807) is 0 Å². The zero-order valence-electron chi connectivity index (χ0n) is 11.5. The molecule has 0 bridgehead atoms. The monoisotopic (exact) mass is 306 g/mol. The minimum absolute atomic E-state index is 0.0188. The number of hydrogen-bond donors (Lipinski definition) is 2. The van der Waals surface area contributed by atoms with E-state index in [1.807, 2.05) is 30.5 Å². The van der Waals surface area contributed by atoms with E-state index < -0.39 is 11.9 Å². The van der Waals surface area contributed by atoms with Crippen LogP contribution in [0.25, 0.3) is 10.9 Å². The van der Waals surface area contributed by atoms with Gasteiger partial charge in [0.15, 0.2) is 0 Å². The molecule has 0 spiro atoms. The quantitative estimate of drug-likeness (QED) is 0.774. The van der Waals surface area contributed by atoms with Gasteiger partial charge in [-0.25, -0.2) is 9.97 Å². The van der Waals surface area contributed by atoms with E-state index in [0.717, 1.165) is 28.7 Å². The first-order chi connectivity index (χ1) is 10.5. The normalized spacial score (nSPS) is 11.8. The van der Waals surface area contributed by atoms with Gasteiger partial charge in [0.05, 0.1) is 0 Å². The lowest BCUT2D eigenvalue weighted by Crippen LogP contribution is -2.13. The molecule has 114 valence electrons. The Hall–Kier alpha value is -2.57. The van der Waals surface area contributed by atoms with Crippen LogP contribution in [0, 0.1) is 0 Å². The van der Waals surface area contributed by atoms with Gasteiger partial charge in [-0.1, -0.05) is 18.2 Å². The van der Waals surface area contributed by atoms with Crippen LogP contribution in [-0.4, -0.2) is 21.5 Å². The molecule has 0 radical (unpaired) electrons. The molecule has 0 aliphatic heterocycles. The van der Waals surface area contributed by atoms with Crippen molar-refractivity contribution in [1.29, 1.82) is 0 Å². The number of anilines is 1. The Bertz CT molecular complexity index is 780. The first-order valence-corrected chi connectivity index (χ1v) is 6.73. The standard InChI is InChI=1S/C15H13F3N4/c16-15(17,18)13-6-8-20-14(22-13)19-7-5-10-9-21-12-4-2-1-3-11(10)12/h1-4,6,8-9,21H,5,7H2,(H,19,20,22). The maximum absolute atomic E-state index is 12.6. The summed E-state index contributed by atoms with van der Waals surface area (Å²) < 4.78 is 37.7. The van der Waals surface area contributed by atoms with Gasteiger partial charge in [-0.15, -0.1) is 0 Å². The van der Waals surface area contributed by atoms with E-state index in [1.165, 1.54) is 0 Å². The zero-order valence-corrected chi connectivity index (χ0v) is 11.5. The van der Waals surface area contributed by atoms with Crippen molar-refractivity contribution in [2.75, 3.05) is 11.9 Å². The highest BCUT2D eigenvalue weighted by Gasteiger charge is 2.32. The Morgan fingerprint density at radius 2 is 1.95 bits per heavy atom. The number of nitrogens with one attached hydrogen (secondary N) is 2. The fourth-order valence-corrected chi connectivity index (χ4v) is 2.25. The Labute approximate surface area is 124 Å². The van der Waals surface area contributed by atoms with Gasteiger partial charge >= 0.3 is 6.18 Å². The number of benzene rings is 1. The minimum atomic E-state index is -4.46. The fourth-order valence-electron chi connectivity index (χ4n) is 2.25. The van der Waals surface area contributed by atoms with Crippen LogP contribution in [0.5, 0.6) is 0 Å². The lowest BCUT2D eigenvalue weighted by Gasteiger charge is -2.08. The Balaban J connectivity index is 1.66. The molecule has 1 aromatic carbocycles. The number of aromatic amines is 1. The van der Waals surface area contributed by atoms with Gasteiger partial charge in [-0.2, -0.15) is 13.2 Å². The topological polar surface area (TPSA) is 53.6 Å². The second-order valence-electron chi connectivity index (χ2n) is 4.80. The van der Waals surface area contributed by atoms with E-state index in [9.17, 15) is 13.2 Å². The van der Waals surface area contributed by atoms with Crippen LogP contribution in [0.4, 0.5) is 19.1 Å². The van der Waals surface area contributed by atoms with Gasteiger partial charge in [-0.3, -0.25) is 0 Å². The molecular formula is C15H13F3N4. The second-order valence-corrected chi connectivity index (χ2v) is 4.80. The molecule has 3 aromatic rings. The molecule has 4 nitrogen and oxygen atoms in total. The number of alkyl halides is 3. The largest absolute Gasteiger partial charge is 0.433 e. The van der Waals surface area contributed by atoms with Crippen molar-refractivity contribution in [3.8, 4) is 0 Å². The number of hydrogen-bond acceptors (Lipinski definition) is 3. The van der Waals surface area contributed by atoms with Gasteiger partial charge in [0.2, 0.25) is 5.95 Å². The van der Waals surface area contributed by atoms with Crippen LogP contribution in [0.15, 0.2) is 42.7 Å².